The van der Waals surface area contributed by atoms with Crippen LogP contribution >= 0.6 is 0 Å². The van der Waals surface area contributed by atoms with Gasteiger partial charge in [0, 0.05) is 0 Å². The number of rotatable bonds is 5. The SMILES string of the molecule is COc1ccc(C(C)NC(=O)C2CN(S(C)(=O)=O)c3cc(C(C)(C)C)ccc3O2)cc1. The molecular weight excluding hydrogens is 416 g/mol. The van der Waals surface area contributed by atoms with Crippen molar-refractivity contribution in [2.45, 2.75) is 45.3 Å². The summed E-state index contributed by atoms with van der Waals surface area (Å²) in [6.45, 7) is 7.95. The molecule has 8 heteroatoms. The lowest BCUT2D eigenvalue weighted by Gasteiger charge is -2.35. The van der Waals surface area contributed by atoms with E-state index in [1.54, 1.807) is 13.2 Å². The van der Waals surface area contributed by atoms with Crippen LogP contribution in [0, 0.1) is 0 Å². The van der Waals surface area contributed by atoms with Gasteiger partial charge >= 0.3 is 0 Å². The molecule has 2 aromatic rings. The Morgan fingerprint density at radius 2 is 1.84 bits per heavy atom. The highest BCUT2D eigenvalue weighted by Gasteiger charge is 2.36. The van der Waals surface area contributed by atoms with Gasteiger partial charge in [-0.15, -0.1) is 0 Å². The molecule has 31 heavy (non-hydrogen) atoms. The van der Waals surface area contributed by atoms with Crippen LogP contribution in [0.5, 0.6) is 11.5 Å². The molecule has 2 unspecified atom stereocenters. The average molecular weight is 447 g/mol. The maximum atomic E-state index is 12.9. The van der Waals surface area contributed by atoms with Crippen molar-refractivity contribution in [3.8, 4) is 11.5 Å². The van der Waals surface area contributed by atoms with Crippen LogP contribution < -0.4 is 19.1 Å². The number of anilines is 1. The van der Waals surface area contributed by atoms with Crippen LogP contribution in [0.3, 0.4) is 0 Å². The van der Waals surface area contributed by atoms with E-state index in [-0.39, 0.29) is 23.9 Å². The van der Waals surface area contributed by atoms with Gasteiger partial charge in [0.25, 0.3) is 5.91 Å². The monoisotopic (exact) mass is 446 g/mol. The topological polar surface area (TPSA) is 84.9 Å². The summed E-state index contributed by atoms with van der Waals surface area (Å²) in [6.07, 6.45) is 0.185. The molecule has 2 aromatic carbocycles. The molecule has 0 radical (unpaired) electrons. The second-order valence-corrected chi connectivity index (χ2v) is 10.7. The summed E-state index contributed by atoms with van der Waals surface area (Å²) < 4.78 is 37.4. The molecule has 1 heterocycles. The number of fused-ring (bicyclic) bond motifs is 1. The fourth-order valence-corrected chi connectivity index (χ4v) is 4.36. The molecule has 3 rings (SSSR count). The van der Waals surface area contributed by atoms with Crippen molar-refractivity contribution < 1.29 is 22.7 Å². The maximum Gasteiger partial charge on any atom is 0.263 e. The third-order valence-electron chi connectivity index (χ3n) is 5.36. The Kier molecular flexibility index (Phi) is 6.23. The van der Waals surface area contributed by atoms with Gasteiger partial charge < -0.3 is 14.8 Å². The molecule has 1 aliphatic rings. The van der Waals surface area contributed by atoms with Crippen molar-refractivity contribution in [2.75, 3.05) is 24.2 Å². The van der Waals surface area contributed by atoms with Crippen molar-refractivity contribution in [2.24, 2.45) is 0 Å². The first-order valence-corrected chi connectivity index (χ1v) is 12.0. The molecule has 1 amide bonds. The summed E-state index contributed by atoms with van der Waals surface area (Å²) in [6, 6.07) is 12.6. The van der Waals surface area contributed by atoms with Crippen LogP contribution in [0.2, 0.25) is 0 Å². The van der Waals surface area contributed by atoms with Crippen LogP contribution in [0.25, 0.3) is 0 Å². The van der Waals surface area contributed by atoms with E-state index in [1.807, 2.05) is 43.3 Å². The second-order valence-electron chi connectivity index (χ2n) is 8.84. The standard InChI is InChI=1S/C23H30N2O5S/c1-15(16-7-10-18(29-5)11-8-16)24-22(26)21-14-25(31(6,27)28)19-13-17(23(2,3)4)9-12-20(19)30-21/h7-13,15,21H,14H2,1-6H3,(H,24,26). The first-order valence-electron chi connectivity index (χ1n) is 10.1. The minimum Gasteiger partial charge on any atom is -0.497 e. The molecular formula is C23H30N2O5S. The Morgan fingerprint density at radius 1 is 1.19 bits per heavy atom. The Morgan fingerprint density at radius 3 is 2.39 bits per heavy atom. The van der Waals surface area contributed by atoms with Crippen molar-refractivity contribution in [1.29, 1.82) is 0 Å². The number of hydrogen-bond donors (Lipinski definition) is 1. The third kappa shape index (κ3) is 5.12. The summed E-state index contributed by atoms with van der Waals surface area (Å²) in [5.74, 6) is 0.734. The molecule has 0 spiro atoms. The van der Waals surface area contributed by atoms with Gasteiger partial charge in [0.2, 0.25) is 10.0 Å². The first-order chi connectivity index (χ1) is 14.4. The van der Waals surface area contributed by atoms with E-state index in [4.69, 9.17) is 9.47 Å². The molecule has 0 saturated carbocycles. The van der Waals surface area contributed by atoms with Gasteiger partial charge in [-0.1, -0.05) is 39.0 Å². The van der Waals surface area contributed by atoms with Crippen LogP contribution in [-0.2, 0) is 20.2 Å². The quantitative estimate of drug-likeness (QED) is 0.761. The van der Waals surface area contributed by atoms with E-state index in [0.717, 1.165) is 23.1 Å². The zero-order valence-electron chi connectivity index (χ0n) is 18.8. The Labute approximate surface area is 184 Å². The molecule has 0 aliphatic carbocycles. The predicted molar refractivity (Wildman–Crippen MR) is 121 cm³/mol. The number of methoxy groups -OCH3 is 1. The van der Waals surface area contributed by atoms with Gasteiger partial charge in [0.1, 0.15) is 11.5 Å². The van der Waals surface area contributed by atoms with Crippen LogP contribution in [0.1, 0.15) is 44.9 Å². The number of amides is 1. The fraction of sp³-hybridized carbons (Fsp3) is 0.435. The number of ether oxygens (including phenoxy) is 2. The van der Waals surface area contributed by atoms with Gasteiger partial charge in [-0.05, 0) is 47.7 Å². The highest BCUT2D eigenvalue weighted by atomic mass is 32.2. The fourth-order valence-electron chi connectivity index (χ4n) is 3.45. The normalized spacial score (nSPS) is 17.4. The number of benzene rings is 2. The molecule has 1 aliphatic heterocycles. The molecule has 0 fully saturated rings. The molecule has 7 nitrogen and oxygen atoms in total. The summed E-state index contributed by atoms with van der Waals surface area (Å²) in [5, 5.41) is 2.92. The zero-order chi connectivity index (χ0) is 23.0. The Balaban J connectivity index is 1.84. The van der Waals surface area contributed by atoms with Gasteiger partial charge in [0.05, 0.1) is 31.6 Å². The molecule has 168 valence electrons. The van der Waals surface area contributed by atoms with Crippen molar-refractivity contribution >= 4 is 21.6 Å². The van der Waals surface area contributed by atoms with E-state index in [2.05, 4.69) is 26.1 Å². The number of carbonyl (C=O) groups excluding carboxylic acids is 1. The van der Waals surface area contributed by atoms with Gasteiger partial charge in [0.15, 0.2) is 6.10 Å². The summed E-state index contributed by atoms with van der Waals surface area (Å²) in [7, 11) is -2.00. The summed E-state index contributed by atoms with van der Waals surface area (Å²) in [4.78, 5) is 12.9. The largest absolute Gasteiger partial charge is 0.497 e. The Bertz CT molecular complexity index is 1060. The first kappa shape index (κ1) is 22.9. The van der Waals surface area contributed by atoms with Gasteiger partial charge in [-0.25, -0.2) is 8.42 Å². The third-order valence-corrected chi connectivity index (χ3v) is 6.51. The van der Waals surface area contributed by atoms with Gasteiger partial charge in [-0.3, -0.25) is 9.10 Å². The maximum absolute atomic E-state index is 12.9. The lowest BCUT2D eigenvalue weighted by Crippen LogP contribution is -2.50. The summed E-state index contributed by atoms with van der Waals surface area (Å²) >= 11 is 0. The molecule has 0 saturated heterocycles. The van der Waals surface area contributed by atoms with Crippen molar-refractivity contribution in [3.05, 3.63) is 53.6 Å². The van der Waals surface area contributed by atoms with E-state index in [0.29, 0.717) is 11.4 Å². The number of nitrogens with one attached hydrogen (secondary N) is 1. The number of sulfonamides is 1. The smallest absolute Gasteiger partial charge is 0.263 e. The predicted octanol–water partition coefficient (Wildman–Crippen LogP) is 3.40. The van der Waals surface area contributed by atoms with E-state index >= 15 is 0 Å². The van der Waals surface area contributed by atoms with Crippen LogP contribution in [0.4, 0.5) is 5.69 Å². The number of hydrogen-bond acceptors (Lipinski definition) is 5. The van der Waals surface area contributed by atoms with Crippen LogP contribution in [0.15, 0.2) is 42.5 Å². The van der Waals surface area contributed by atoms with E-state index in [1.165, 1.54) is 4.31 Å². The highest BCUT2D eigenvalue weighted by molar-refractivity contribution is 7.92. The Hall–Kier alpha value is -2.74. The lowest BCUT2D eigenvalue weighted by atomic mass is 9.86. The number of nitrogens with zero attached hydrogens (tertiary/aromatic N) is 1. The molecule has 0 bridgehead atoms. The minimum absolute atomic E-state index is 0.0827. The van der Waals surface area contributed by atoms with E-state index < -0.39 is 16.1 Å². The molecule has 0 aromatic heterocycles. The average Bonchev–Trinajstić information content (AvgIpc) is 2.71. The molecule has 1 N–H and O–H groups in total. The lowest BCUT2D eigenvalue weighted by molar-refractivity contribution is -0.128. The molecule has 2 atom stereocenters. The number of carbonyl (C=O) groups is 1. The van der Waals surface area contributed by atoms with Crippen molar-refractivity contribution in [3.63, 3.8) is 0 Å². The van der Waals surface area contributed by atoms with Crippen LogP contribution in [-0.4, -0.2) is 40.3 Å². The zero-order valence-corrected chi connectivity index (χ0v) is 19.6. The second kappa shape index (κ2) is 8.42. The van der Waals surface area contributed by atoms with Gasteiger partial charge in [-0.2, -0.15) is 0 Å². The highest BCUT2D eigenvalue weighted by Crippen LogP contribution is 2.38. The summed E-state index contributed by atoms with van der Waals surface area (Å²) in [5.41, 5.74) is 2.20. The van der Waals surface area contributed by atoms with E-state index in [9.17, 15) is 13.2 Å². The minimum atomic E-state index is -3.60. The van der Waals surface area contributed by atoms with Crippen molar-refractivity contribution in [1.82, 2.24) is 5.32 Å².